The van der Waals surface area contributed by atoms with Crippen LogP contribution in [-0.2, 0) is 13.1 Å². The zero-order chi connectivity index (χ0) is 18.4. The second kappa shape index (κ2) is 8.75. The normalized spacial score (nSPS) is 13.5. The maximum absolute atomic E-state index is 13.2. The summed E-state index contributed by atoms with van der Waals surface area (Å²) in [5.41, 5.74) is 3.12. The Morgan fingerprint density at radius 1 is 0.769 bits per heavy atom. The van der Waals surface area contributed by atoms with Crippen molar-refractivity contribution < 1.29 is 9.50 Å². The Balaban J connectivity index is 1.82. The van der Waals surface area contributed by atoms with Crippen molar-refractivity contribution in [1.29, 1.82) is 0 Å². The number of rotatable bonds is 7. The molecule has 3 heteroatoms. The predicted octanol–water partition coefficient (Wildman–Crippen LogP) is 4.95. The lowest BCUT2D eigenvalue weighted by molar-refractivity contribution is 0.0484. The van der Waals surface area contributed by atoms with Gasteiger partial charge in [-0.1, -0.05) is 72.8 Å². The van der Waals surface area contributed by atoms with Gasteiger partial charge in [0, 0.05) is 19.1 Å². The van der Waals surface area contributed by atoms with Gasteiger partial charge < -0.3 is 5.11 Å². The van der Waals surface area contributed by atoms with Gasteiger partial charge in [-0.3, -0.25) is 4.90 Å². The highest BCUT2D eigenvalue weighted by molar-refractivity contribution is 5.21. The van der Waals surface area contributed by atoms with Gasteiger partial charge in [-0.2, -0.15) is 0 Å². The summed E-state index contributed by atoms with van der Waals surface area (Å²) in [5, 5.41) is 10.8. The van der Waals surface area contributed by atoms with Crippen LogP contribution in [0.15, 0.2) is 84.9 Å². The molecular formula is C23H24FNO. The summed E-state index contributed by atoms with van der Waals surface area (Å²) in [4.78, 5) is 2.25. The Bertz CT molecular complexity index is 748. The zero-order valence-corrected chi connectivity index (χ0v) is 14.9. The predicted molar refractivity (Wildman–Crippen MR) is 103 cm³/mol. The van der Waals surface area contributed by atoms with Gasteiger partial charge in [0.2, 0.25) is 0 Å². The van der Waals surface area contributed by atoms with Crippen LogP contribution in [0.1, 0.15) is 29.7 Å². The minimum absolute atomic E-state index is 0.124. The third-order valence-corrected chi connectivity index (χ3v) is 4.70. The quantitative estimate of drug-likeness (QED) is 0.652. The van der Waals surface area contributed by atoms with Gasteiger partial charge >= 0.3 is 0 Å². The molecule has 3 aromatic rings. The molecule has 0 amide bonds. The summed E-state index contributed by atoms with van der Waals surface area (Å²) < 4.78 is 13.2. The van der Waals surface area contributed by atoms with E-state index in [0.717, 1.165) is 18.7 Å². The van der Waals surface area contributed by atoms with Gasteiger partial charge in [-0.05, 0) is 35.7 Å². The van der Waals surface area contributed by atoms with E-state index in [9.17, 15) is 9.50 Å². The summed E-state index contributed by atoms with van der Waals surface area (Å²) in [7, 11) is 0. The first-order chi connectivity index (χ1) is 12.6. The molecule has 0 saturated heterocycles. The largest absolute Gasteiger partial charge is 0.387 e. The molecule has 0 aliphatic carbocycles. The second-order valence-corrected chi connectivity index (χ2v) is 6.61. The van der Waals surface area contributed by atoms with E-state index >= 15 is 0 Å². The van der Waals surface area contributed by atoms with Crippen molar-refractivity contribution in [2.24, 2.45) is 0 Å². The lowest BCUT2D eigenvalue weighted by Gasteiger charge is -2.33. The van der Waals surface area contributed by atoms with Crippen molar-refractivity contribution in [3.63, 3.8) is 0 Å². The van der Waals surface area contributed by atoms with Gasteiger partial charge in [0.25, 0.3) is 0 Å². The van der Waals surface area contributed by atoms with Crippen molar-refractivity contribution >= 4 is 0 Å². The van der Waals surface area contributed by atoms with Crippen molar-refractivity contribution in [3.05, 3.63) is 107 Å². The molecule has 134 valence electrons. The first-order valence-electron chi connectivity index (χ1n) is 8.89. The first-order valence-corrected chi connectivity index (χ1v) is 8.89. The van der Waals surface area contributed by atoms with E-state index in [0.29, 0.717) is 0 Å². The van der Waals surface area contributed by atoms with Crippen LogP contribution in [0.3, 0.4) is 0 Å². The number of hydrogen-bond acceptors (Lipinski definition) is 2. The summed E-state index contributed by atoms with van der Waals surface area (Å²) in [6.07, 6.45) is -0.692. The molecule has 26 heavy (non-hydrogen) atoms. The van der Waals surface area contributed by atoms with Crippen molar-refractivity contribution in [1.82, 2.24) is 4.90 Å². The zero-order valence-electron chi connectivity index (χ0n) is 14.9. The highest BCUT2D eigenvalue weighted by atomic mass is 19.1. The minimum Gasteiger partial charge on any atom is -0.387 e. The molecule has 0 aliphatic heterocycles. The summed E-state index contributed by atoms with van der Waals surface area (Å²) in [5.74, 6) is -0.293. The van der Waals surface area contributed by atoms with Gasteiger partial charge in [0.05, 0.1) is 6.10 Å². The van der Waals surface area contributed by atoms with E-state index in [1.165, 1.54) is 23.3 Å². The molecule has 0 saturated carbocycles. The molecular weight excluding hydrogens is 325 g/mol. The number of halogens is 1. The van der Waals surface area contributed by atoms with Crippen LogP contribution in [-0.4, -0.2) is 16.0 Å². The van der Waals surface area contributed by atoms with Crippen molar-refractivity contribution in [2.45, 2.75) is 32.2 Å². The standard InChI is InChI=1S/C23H24FNO/c1-18(23(26)21-12-14-22(24)15-13-21)25(16-19-8-4-2-5-9-19)17-20-10-6-3-7-11-20/h2-15,18,23,26H,16-17H2,1H3/t18-,23-/m1/s1. The molecule has 0 fully saturated rings. The maximum Gasteiger partial charge on any atom is 0.123 e. The molecule has 0 aliphatic rings. The molecule has 0 spiro atoms. The van der Waals surface area contributed by atoms with Crippen molar-refractivity contribution in [3.8, 4) is 0 Å². The van der Waals surface area contributed by atoms with Crippen LogP contribution < -0.4 is 0 Å². The number of benzene rings is 3. The highest BCUT2D eigenvalue weighted by Crippen LogP contribution is 2.24. The molecule has 0 bridgehead atoms. The first kappa shape index (κ1) is 18.3. The smallest absolute Gasteiger partial charge is 0.123 e. The lowest BCUT2D eigenvalue weighted by Crippen LogP contribution is -2.36. The third-order valence-electron chi connectivity index (χ3n) is 4.70. The molecule has 0 aromatic heterocycles. The fourth-order valence-electron chi connectivity index (χ4n) is 3.12. The molecule has 0 radical (unpaired) electrons. The monoisotopic (exact) mass is 349 g/mol. The van der Waals surface area contributed by atoms with E-state index in [-0.39, 0.29) is 11.9 Å². The fraction of sp³-hybridized carbons (Fsp3) is 0.217. The van der Waals surface area contributed by atoms with Gasteiger partial charge in [-0.25, -0.2) is 4.39 Å². The number of aliphatic hydroxyl groups excluding tert-OH is 1. The average Bonchev–Trinajstić information content (AvgIpc) is 2.68. The van der Waals surface area contributed by atoms with E-state index < -0.39 is 6.10 Å². The summed E-state index contributed by atoms with van der Waals surface area (Å²) in [6.45, 7) is 3.48. The van der Waals surface area contributed by atoms with Crippen LogP contribution in [0, 0.1) is 5.82 Å². The Hall–Kier alpha value is -2.49. The van der Waals surface area contributed by atoms with Crippen LogP contribution >= 0.6 is 0 Å². The van der Waals surface area contributed by atoms with Crippen LogP contribution in [0.5, 0.6) is 0 Å². The second-order valence-electron chi connectivity index (χ2n) is 6.61. The Morgan fingerprint density at radius 2 is 1.23 bits per heavy atom. The van der Waals surface area contributed by atoms with E-state index in [2.05, 4.69) is 29.2 Å². The number of hydrogen-bond donors (Lipinski definition) is 1. The summed E-state index contributed by atoms with van der Waals surface area (Å²) in [6, 6.07) is 26.4. The summed E-state index contributed by atoms with van der Waals surface area (Å²) >= 11 is 0. The molecule has 3 aromatic carbocycles. The Morgan fingerprint density at radius 3 is 1.69 bits per heavy atom. The van der Waals surface area contributed by atoms with Crippen molar-refractivity contribution in [2.75, 3.05) is 0 Å². The molecule has 0 heterocycles. The van der Waals surface area contributed by atoms with Crippen LogP contribution in [0.2, 0.25) is 0 Å². The number of aliphatic hydroxyl groups is 1. The maximum atomic E-state index is 13.2. The molecule has 2 atom stereocenters. The SMILES string of the molecule is C[C@H]([C@@H](O)c1ccc(F)cc1)N(Cc1ccccc1)Cc1ccccc1. The topological polar surface area (TPSA) is 23.5 Å². The van der Waals surface area contributed by atoms with Crippen LogP contribution in [0.25, 0.3) is 0 Å². The molecule has 0 unspecified atom stereocenters. The van der Waals surface area contributed by atoms with Gasteiger partial charge in [0.15, 0.2) is 0 Å². The number of nitrogens with zero attached hydrogens (tertiary/aromatic N) is 1. The average molecular weight is 349 g/mol. The van der Waals surface area contributed by atoms with E-state index in [4.69, 9.17) is 0 Å². The van der Waals surface area contributed by atoms with Gasteiger partial charge in [-0.15, -0.1) is 0 Å². The van der Waals surface area contributed by atoms with E-state index in [1.807, 2.05) is 43.3 Å². The Labute approximate surface area is 154 Å². The highest BCUT2D eigenvalue weighted by Gasteiger charge is 2.23. The third kappa shape index (κ3) is 4.78. The van der Waals surface area contributed by atoms with Crippen LogP contribution in [0.4, 0.5) is 4.39 Å². The minimum atomic E-state index is -0.692. The molecule has 2 nitrogen and oxygen atoms in total. The fourth-order valence-corrected chi connectivity index (χ4v) is 3.12. The van der Waals surface area contributed by atoms with Gasteiger partial charge in [0.1, 0.15) is 5.82 Å². The molecule has 1 N–H and O–H groups in total. The molecule has 3 rings (SSSR count). The van der Waals surface area contributed by atoms with E-state index in [1.54, 1.807) is 12.1 Å². The lowest BCUT2D eigenvalue weighted by atomic mass is 10.0. The Kier molecular flexibility index (Phi) is 6.16.